The maximum atomic E-state index is 12.8. The van der Waals surface area contributed by atoms with Gasteiger partial charge in [0, 0.05) is 5.57 Å². The van der Waals surface area contributed by atoms with E-state index in [0.717, 1.165) is 63.4 Å². The minimum atomic E-state index is -0.556. The SMILES string of the molecule is C=C(C)C(=O)OCCCCCCCCCCOc1ccc(C(=O)Oc2ccc(C(=O)Oc3ccc(CC)cc3)cc2)cc1OC. The highest BCUT2D eigenvalue weighted by molar-refractivity contribution is 5.93. The number of benzene rings is 3. The molecule has 8 heteroatoms. The van der Waals surface area contributed by atoms with Gasteiger partial charge in [0.2, 0.25) is 0 Å². The van der Waals surface area contributed by atoms with Gasteiger partial charge < -0.3 is 23.7 Å². The van der Waals surface area contributed by atoms with Gasteiger partial charge >= 0.3 is 17.9 Å². The van der Waals surface area contributed by atoms with Crippen molar-refractivity contribution >= 4 is 17.9 Å². The Bertz CT molecular complexity index is 1390. The van der Waals surface area contributed by atoms with Crippen molar-refractivity contribution in [2.24, 2.45) is 0 Å². The fourth-order valence-corrected chi connectivity index (χ4v) is 4.43. The number of methoxy groups -OCH3 is 1. The van der Waals surface area contributed by atoms with Crippen LogP contribution >= 0.6 is 0 Å². The van der Waals surface area contributed by atoms with Crippen LogP contribution in [0.4, 0.5) is 0 Å². The van der Waals surface area contributed by atoms with Gasteiger partial charge in [-0.05, 0) is 86.3 Å². The second-order valence-electron chi connectivity index (χ2n) is 10.8. The van der Waals surface area contributed by atoms with Crippen LogP contribution in [0, 0.1) is 0 Å². The molecule has 0 aliphatic heterocycles. The normalized spacial score (nSPS) is 10.6. The van der Waals surface area contributed by atoms with Gasteiger partial charge in [-0.3, -0.25) is 0 Å². The summed E-state index contributed by atoms with van der Waals surface area (Å²) >= 11 is 0. The van der Waals surface area contributed by atoms with Crippen LogP contribution in [-0.4, -0.2) is 38.2 Å². The molecule has 3 rings (SSSR count). The molecule has 0 radical (unpaired) electrons. The zero-order valence-corrected chi connectivity index (χ0v) is 26.6. The molecule has 0 atom stereocenters. The summed E-state index contributed by atoms with van der Waals surface area (Å²) in [6.45, 7) is 8.29. The maximum absolute atomic E-state index is 12.8. The number of ether oxygens (including phenoxy) is 5. The number of rotatable bonds is 19. The molecule has 3 aromatic rings. The average Bonchev–Trinajstić information content (AvgIpc) is 3.05. The van der Waals surface area contributed by atoms with E-state index in [-0.39, 0.29) is 5.97 Å². The van der Waals surface area contributed by atoms with Crippen molar-refractivity contribution in [3.8, 4) is 23.0 Å². The minimum Gasteiger partial charge on any atom is -0.493 e. The summed E-state index contributed by atoms with van der Waals surface area (Å²) in [5.41, 5.74) is 2.25. The van der Waals surface area contributed by atoms with Crippen molar-refractivity contribution < 1.29 is 38.1 Å². The van der Waals surface area contributed by atoms with Gasteiger partial charge in [-0.2, -0.15) is 0 Å². The zero-order valence-electron chi connectivity index (χ0n) is 26.6. The van der Waals surface area contributed by atoms with Crippen LogP contribution in [-0.2, 0) is 16.0 Å². The molecule has 240 valence electrons. The molecule has 0 bridgehead atoms. The molecule has 0 spiro atoms. The molecule has 8 nitrogen and oxygen atoms in total. The molecule has 0 saturated carbocycles. The lowest BCUT2D eigenvalue weighted by molar-refractivity contribution is -0.139. The molecular formula is C37H44O8. The summed E-state index contributed by atoms with van der Waals surface area (Å²) < 4.78 is 27.4. The second kappa shape index (κ2) is 18.9. The highest BCUT2D eigenvalue weighted by Crippen LogP contribution is 2.29. The average molecular weight is 617 g/mol. The topological polar surface area (TPSA) is 97.4 Å². The number of esters is 3. The third kappa shape index (κ3) is 12.1. The summed E-state index contributed by atoms with van der Waals surface area (Å²) in [6, 6.07) is 18.5. The molecule has 45 heavy (non-hydrogen) atoms. The number of aryl methyl sites for hydroxylation is 1. The third-order valence-corrected chi connectivity index (χ3v) is 7.12. The molecule has 0 saturated heterocycles. The number of carbonyl (C=O) groups excluding carboxylic acids is 3. The van der Waals surface area contributed by atoms with E-state index in [2.05, 4.69) is 13.5 Å². The van der Waals surface area contributed by atoms with Crippen LogP contribution in [0.5, 0.6) is 23.0 Å². The first-order valence-electron chi connectivity index (χ1n) is 15.6. The third-order valence-electron chi connectivity index (χ3n) is 7.12. The molecule has 0 aromatic heterocycles. The summed E-state index contributed by atoms with van der Waals surface area (Å²) in [6.07, 6.45) is 9.38. The standard InChI is InChI=1S/C37H44O8/c1-5-28-14-19-31(20-15-28)44-36(39)29-16-21-32(22-17-29)45-37(40)30-18-23-33(34(26-30)41-4)42-24-12-10-8-6-7-9-11-13-25-43-35(38)27(2)3/h14-23,26H,2,5-13,24-25H2,1,3-4H3. The summed E-state index contributed by atoms with van der Waals surface area (Å²) in [7, 11) is 1.53. The van der Waals surface area contributed by atoms with E-state index in [1.54, 1.807) is 61.5 Å². The number of carbonyl (C=O) groups is 3. The van der Waals surface area contributed by atoms with E-state index in [9.17, 15) is 14.4 Å². The molecule has 0 aliphatic rings. The van der Waals surface area contributed by atoms with Crippen LogP contribution < -0.4 is 18.9 Å². The Morgan fingerprint density at radius 3 is 1.71 bits per heavy atom. The van der Waals surface area contributed by atoms with Gasteiger partial charge in [-0.25, -0.2) is 14.4 Å². The van der Waals surface area contributed by atoms with Crippen molar-refractivity contribution in [2.75, 3.05) is 20.3 Å². The number of unbranched alkanes of at least 4 members (excludes halogenated alkanes) is 7. The van der Waals surface area contributed by atoms with Crippen LogP contribution in [0.15, 0.2) is 78.9 Å². The Balaban J connectivity index is 1.35. The van der Waals surface area contributed by atoms with E-state index in [4.69, 9.17) is 23.7 Å². The molecule has 0 heterocycles. The first-order valence-corrected chi connectivity index (χ1v) is 15.6. The molecule has 0 amide bonds. The van der Waals surface area contributed by atoms with Crippen molar-refractivity contribution in [1.29, 1.82) is 0 Å². The van der Waals surface area contributed by atoms with Gasteiger partial charge in [0.25, 0.3) is 0 Å². The number of hydrogen-bond acceptors (Lipinski definition) is 8. The fraction of sp³-hybridized carbons (Fsp3) is 0.378. The van der Waals surface area contributed by atoms with Crippen molar-refractivity contribution in [3.05, 3.63) is 95.6 Å². The highest BCUT2D eigenvalue weighted by atomic mass is 16.5. The van der Waals surface area contributed by atoms with E-state index < -0.39 is 11.9 Å². The van der Waals surface area contributed by atoms with Gasteiger partial charge in [0.1, 0.15) is 11.5 Å². The van der Waals surface area contributed by atoms with Crippen LogP contribution in [0.1, 0.15) is 91.5 Å². The lowest BCUT2D eigenvalue weighted by atomic mass is 10.1. The van der Waals surface area contributed by atoms with Gasteiger partial charge in [-0.1, -0.05) is 64.2 Å². The Hall–Kier alpha value is -4.59. The summed E-state index contributed by atoms with van der Waals surface area (Å²) in [5, 5.41) is 0. The fourth-order valence-electron chi connectivity index (χ4n) is 4.43. The lowest BCUT2D eigenvalue weighted by Gasteiger charge is -2.12. The first kappa shape index (κ1) is 34.9. The van der Waals surface area contributed by atoms with Crippen LogP contribution in [0.25, 0.3) is 0 Å². The van der Waals surface area contributed by atoms with E-state index >= 15 is 0 Å². The molecule has 0 aliphatic carbocycles. The Morgan fingerprint density at radius 2 is 1.16 bits per heavy atom. The van der Waals surface area contributed by atoms with E-state index in [1.807, 2.05) is 12.1 Å². The quantitative estimate of drug-likeness (QED) is 0.0574. The summed E-state index contributed by atoms with van der Waals surface area (Å²) in [5.74, 6) is 0.408. The molecule has 0 unspecified atom stereocenters. The second-order valence-corrected chi connectivity index (χ2v) is 10.8. The zero-order chi connectivity index (χ0) is 32.4. The van der Waals surface area contributed by atoms with Crippen molar-refractivity contribution in [1.82, 2.24) is 0 Å². The Labute approximate surface area is 266 Å². The predicted octanol–water partition coefficient (Wildman–Crippen LogP) is 8.31. The van der Waals surface area contributed by atoms with Crippen molar-refractivity contribution in [2.45, 2.75) is 71.6 Å². The highest BCUT2D eigenvalue weighted by Gasteiger charge is 2.15. The van der Waals surface area contributed by atoms with E-state index in [1.165, 1.54) is 7.11 Å². The largest absolute Gasteiger partial charge is 0.493 e. The molecule has 0 fully saturated rings. The summed E-state index contributed by atoms with van der Waals surface area (Å²) in [4.78, 5) is 36.6. The molecule has 0 N–H and O–H groups in total. The van der Waals surface area contributed by atoms with Gasteiger partial charge in [0.05, 0.1) is 31.5 Å². The number of hydrogen-bond donors (Lipinski definition) is 0. The lowest BCUT2D eigenvalue weighted by Crippen LogP contribution is -2.10. The Kier molecular flexibility index (Phi) is 14.7. The minimum absolute atomic E-state index is 0.298. The maximum Gasteiger partial charge on any atom is 0.343 e. The van der Waals surface area contributed by atoms with E-state index in [0.29, 0.717) is 52.9 Å². The molecular weight excluding hydrogens is 572 g/mol. The first-order chi connectivity index (χ1) is 21.8. The van der Waals surface area contributed by atoms with Gasteiger partial charge in [-0.15, -0.1) is 0 Å². The smallest absolute Gasteiger partial charge is 0.343 e. The monoisotopic (exact) mass is 616 g/mol. The Morgan fingerprint density at radius 1 is 0.644 bits per heavy atom. The van der Waals surface area contributed by atoms with Crippen LogP contribution in [0.2, 0.25) is 0 Å². The predicted molar refractivity (Wildman–Crippen MR) is 173 cm³/mol. The van der Waals surface area contributed by atoms with Gasteiger partial charge in [0.15, 0.2) is 11.5 Å². The van der Waals surface area contributed by atoms with Crippen LogP contribution in [0.3, 0.4) is 0 Å². The molecule has 3 aromatic carbocycles. The van der Waals surface area contributed by atoms with Crippen molar-refractivity contribution in [3.63, 3.8) is 0 Å².